The monoisotopic (exact) mass is 710 g/mol. The lowest BCUT2D eigenvalue weighted by Crippen LogP contribution is -2.54. The summed E-state index contributed by atoms with van der Waals surface area (Å²) in [5, 5.41) is 31.4. The second-order valence-electron chi connectivity index (χ2n) is 13.7. The quantitative estimate of drug-likeness (QED) is 0.0862. The number of nitrogens with one attached hydrogen (secondary N) is 1. The van der Waals surface area contributed by atoms with Gasteiger partial charge in [0.25, 0.3) is 11.8 Å². The summed E-state index contributed by atoms with van der Waals surface area (Å²) in [7, 11) is 0. The molecule has 274 valence electrons. The van der Waals surface area contributed by atoms with Crippen molar-refractivity contribution in [3.8, 4) is 22.8 Å². The van der Waals surface area contributed by atoms with Crippen molar-refractivity contribution in [1.29, 1.82) is 0 Å². The molecule has 1 unspecified atom stereocenters. The van der Waals surface area contributed by atoms with Gasteiger partial charge in [-0.05, 0) is 74.4 Å². The third-order valence-corrected chi connectivity index (χ3v) is 10.1. The molecule has 0 saturated carbocycles. The van der Waals surface area contributed by atoms with Gasteiger partial charge in [0.05, 0.1) is 34.9 Å². The number of carbonyl (C=O) groups is 4. The molecule has 4 amide bonds. The van der Waals surface area contributed by atoms with Gasteiger partial charge >= 0.3 is 0 Å². The number of imide groups is 2. The first kappa shape index (κ1) is 36.3. The van der Waals surface area contributed by atoms with E-state index in [2.05, 4.69) is 20.4 Å². The average molecular weight is 711 g/mol. The fourth-order valence-electron chi connectivity index (χ4n) is 7.21. The predicted octanol–water partition coefficient (Wildman–Crippen LogP) is 5.69. The van der Waals surface area contributed by atoms with E-state index in [1.165, 1.54) is 0 Å². The van der Waals surface area contributed by atoms with Gasteiger partial charge in [0, 0.05) is 31.5 Å². The maximum atomic E-state index is 13.2. The second kappa shape index (κ2) is 16.7. The van der Waals surface area contributed by atoms with E-state index in [0.717, 1.165) is 81.5 Å². The number of nitrogen functional groups attached to an aromatic ring is 1. The van der Waals surface area contributed by atoms with Gasteiger partial charge in [-0.25, -0.2) is 0 Å². The molecule has 2 saturated heterocycles. The van der Waals surface area contributed by atoms with Gasteiger partial charge in [0.15, 0.2) is 5.82 Å². The third kappa shape index (κ3) is 8.35. The number of nitrogens with two attached hydrogens (primary N) is 1. The molecular formula is C39H46N6O7. The Morgan fingerprint density at radius 3 is 2.35 bits per heavy atom. The highest BCUT2D eigenvalue weighted by atomic mass is 16.5. The van der Waals surface area contributed by atoms with Crippen molar-refractivity contribution >= 4 is 35.1 Å². The Labute approximate surface area is 302 Å². The summed E-state index contributed by atoms with van der Waals surface area (Å²) in [4.78, 5) is 53.2. The van der Waals surface area contributed by atoms with Gasteiger partial charge in [-0.3, -0.25) is 29.4 Å². The van der Waals surface area contributed by atoms with Crippen LogP contribution in [0.4, 0.5) is 11.5 Å². The van der Waals surface area contributed by atoms with Crippen LogP contribution in [-0.2, 0) is 9.59 Å². The SMILES string of the molecule is Nc1nnc(-c2ccccc2O)cc1N1CCC(/C=C(/O)CCCCCCCCCOc2cccc3c2C(=O)N(C2CCC(=O)NC2=O)C3=O)CC1. The summed E-state index contributed by atoms with van der Waals surface area (Å²) in [6.45, 7) is 1.97. The number of piperidine rings is 2. The summed E-state index contributed by atoms with van der Waals surface area (Å²) in [5.74, 6) is -0.571. The molecule has 1 aromatic heterocycles. The number of nitrogens with zero attached hydrogens (tertiary/aromatic N) is 4. The van der Waals surface area contributed by atoms with Crippen LogP contribution in [0.5, 0.6) is 11.5 Å². The first-order valence-corrected chi connectivity index (χ1v) is 18.2. The molecule has 2 fully saturated rings. The van der Waals surface area contributed by atoms with Crippen molar-refractivity contribution in [2.24, 2.45) is 5.92 Å². The lowest BCUT2D eigenvalue weighted by molar-refractivity contribution is -0.136. The molecule has 4 heterocycles. The number of para-hydroxylation sites is 1. The Hall–Kier alpha value is -5.46. The van der Waals surface area contributed by atoms with Crippen LogP contribution in [0, 0.1) is 5.92 Å². The molecular weight excluding hydrogens is 664 g/mol. The number of anilines is 2. The molecule has 5 N–H and O–H groups in total. The Bertz CT molecular complexity index is 1840. The molecule has 13 nitrogen and oxygen atoms in total. The van der Waals surface area contributed by atoms with E-state index >= 15 is 0 Å². The maximum absolute atomic E-state index is 13.2. The number of amides is 4. The van der Waals surface area contributed by atoms with Gasteiger partial charge < -0.3 is 25.6 Å². The molecule has 52 heavy (non-hydrogen) atoms. The van der Waals surface area contributed by atoms with E-state index in [-0.39, 0.29) is 29.7 Å². The van der Waals surface area contributed by atoms with Crippen LogP contribution in [0.1, 0.15) is 97.8 Å². The molecule has 0 radical (unpaired) electrons. The van der Waals surface area contributed by atoms with Gasteiger partial charge in [-0.1, -0.05) is 50.3 Å². The number of unbranched alkanes of at least 4 members (excludes halogenated alkanes) is 6. The number of phenolic OH excluding ortho intramolecular Hbond substituents is 1. The molecule has 3 aromatic rings. The van der Waals surface area contributed by atoms with E-state index in [1.807, 2.05) is 18.2 Å². The number of fused-ring (bicyclic) bond motifs is 1. The minimum atomic E-state index is -1.01. The van der Waals surface area contributed by atoms with Crippen molar-refractivity contribution in [1.82, 2.24) is 20.4 Å². The topological polar surface area (TPSA) is 188 Å². The van der Waals surface area contributed by atoms with Crippen LogP contribution in [-0.4, -0.2) is 74.7 Å². The number of carbonyl (C=O) groups excluding carboxylic acids is 4. The zero-order chi connectivity index (χ0) is 36.6. The molecule has 6 rings (SSSR count). The second-order valence-corrected chi connectivity index (χ2v) is 13.7. The summed E-state index contributed by atoms with van der Waals surface area (Å²) in [5.41, 5.74) is 8.55. The maximum Gasteiger partial charge on any atom is 0.266 e. The molecule has 2 aromatic carbocycles. The summed E-state index contributed by atoms with van der Waals surface area (Å²) >= 11 is 0. The fraction of sp³-hybridized carbons (Fsp3) is 0.436. The van der Waals surface area contributed by atoms with Gasteiger partial charge in [0.1, 0.15) is 17.5 Å². The highest BCUT2D eigenvalue weighted by Crippen LogP contribution is 2.35. The molecule has 0 bridgehead atoms. The molecule has 0 spiro atoms. The Morgan fingerprint density at radius 1 is 0.885 bits per heavy atom. The van der Waals surface area contributed by atoms with Gasteiger partial charge in [0.2, 0.25) is 11.8 Å². The van der Waals surface area contributed by atoms with E-state index in [9.17, 15) is 29.4 Å². The number of benzene rings is 2. The first-order chi connectivity index (χ1) is 25.2. The minimum absolute atomic E-state index is 0.0717. The van der Waals surface area contributed by atoms with Crippen LogP contribution >= 0.6 is 0 Å². The van der Waals surface area contributed by atoms with E-state index in [0.29, 0.717) is 47.5 Å². The number of phenols is 1. The highest BCUT2D eigenvalue weighted by molar-refractivity contribution is 6.24. The van der Waals surface area contributed by atoms with Crippen molar-refractivity contribution in [2.75, 3.05) is 30.3 Å². The predicted molar refractivity (Wildman–Crippen MR) is 195 cm³/mol. The summed E-state index contributed by atoms with van der Waals surface area (Å²) in [6, 6.07) is 12.8. The van der Waals surface area contributed by atoms with Crippen molar-refractivity contribution < 1.29 is 34.1 Å². The largest absolute Gasteiger partial charge is 0.513 e. The lowest BCUT2D eigenvalue weighted by atomic mass is 9.94. The standard InChI is InChI=1S/C39H46N6O7/c40-36-31(24-29(42-43-36)27-12-7-8-14-32(27)47)44-20-18-25(19-21-44)23-26(46)11-6-4-2-1-3-5-9-22-52-33-15-10-13-28-35(33)39(51)45(38(28)50)30-16-17-34(48)41-37(30)49/h7-8,10,12-15,23-25,30,46-47H,1-6,9,11,16-22H2,(H2,40,43)(H,41,48,49)/b26-23+. The van der Waals surface area contributed by atoms with Crippen LogP contribution in [0.3, 0.4) is 0 Å². The number of aromatic nitrogens is 2. The smallest absolute Gasteiger partial charge is 0.266 e. The average Bonchev–Trinajstić information content (AvgIpc) is 3.39. The third-order valence-electron chi connectivity index (χ3n) is 10.1. The van der Waals surface area contributed by atoms with Crippen LogP contribution in [0.15, 0.2) is 60.4 Å². The number of rotatable bonds is 15. The molecule has 3 aliphatic heterocycles. The highest BCUT2D eigenvalue weighted by Gasteiger charge is 2.46. The molecule has 1 atom stereocenters. The Morgan fingerprint density at radius 2 is 1.60 bits per heavy atom. The normalized spacial score (nSPS) is 18.2. The lowest BCUT2D eigenvalue weighted by Gasteiger charge is -2.33. The van der Waals surface area contributed by atoms with E-state index < -0.39 is 29.7 Å². The number of aliphatic hydroxyl groups excluding tert-OH is 1. The van der Waals surface area contributed by atoms with Gasteiger partial charge in [-0.2, -0.15) is 0 Å². The van der Waals surface area contributed by atoms with E-state index in [1.54, 1.807) is 36.4 Å². The van der Waals surface area contributed by atoms with Crippen molar-refractivity contribution in [3.63, 3.8) is 0 Å². The number of hydrogen-bond donors (Lipinski definition) is 4. The van der Waals surface area contributed by atoms with Crippen LogP contribution < -0.4 is 20.7 Å². The molecule has 13 heteroatoms. The van der Waals surface area contributed by atoms with Gasteiger partial charge in [-0.15, -0.1) is 10.2 Å². The molecule has 3 aliphatic rings. The zero-order valence-corrected chi connectivity index (χ0v) is 29.3. The van der Waals surface area contributed by atoms with Crippen molar-refractivity contribution in [2.45, 2.75) is 83.1 Å². The number of allylic oxidation sites excluding steroid dienone is 2. The Balaban J connectivity index is 0.850. The fourth-order valence-corrected chi connectivity index (χ4v) is 7.21. The minimum Gasteiger partial charge on any atom is -0.513 e. The number of aromatic hydroxyl groups is 1. The first-order valence-electron chi connectivity index (χ1n) is 18.2. The van der Waals surface area contributed by atoms with E-state index in [4.69, 9.17) is 10.5 Å². The number of hydrogen-bond acceptors (Lipinski definition) is 11. The number of ether oxygens (including phenoxy) is 1. The summed E-state index contributed by atoms with van der Waals surface area (Å²) in [6.07, 6.45) is 11.6. The summed E-state index contributed by atoms with van der Waals surface area (Å²) < 4.78 is 5.93. The van der Waals surface area contributed by atoms with Crippen LogP contribution in [0.25, 0.3) is 11.3 Å². The number of aliphatic hydroxyl groups is 1. The molecule has 0 aliphatic carbocycles. The zero-order valence-electron chi connectivity index (χ0n) is 29.3. The van der Waals surface area contributed by atoms with Crippen molar-refractivity contribution in [3.05, 3.63) is 71.5 Å². The Kier molecular flexibility index (Phi) is 11.7. The van der Waals surface area contributed by atoms with Crippen LogP contribution in [0.2, 0.25) is 0 Å².